The Labute approximate surface area is 109 Å². The van der Waals surface area contributed by atoms with Crippen LogP contribution in [-0.2, 0) is 0 Å². The molecule has 0 fully saturated rings. The fourth-order valence-electron chi connectivity index (χ4n) is 2.28. The van der Waals surface area contributed by atoms with E-state index in [-0.39, 0.29) is 0 Å². The van der Waals surface area contributed by atoms with Crippen LogP contribution in [-0.4, -0.2) is 37.6 Å². The first kappa shape index (κ1) is 13.0. The van der Waals surface area contributed by atoms with Crippen molar-refractivity contribution in [2.75, 3.05) is 27.7 Å². The number of pyridine rings is 1. The zero-order valence-corrected chi connectivity index (χ0v) is 11.4. The molecular formula is C15H21N3. The van der Waals surface area contributed by atoms with Crippen LogP contribution in [0, 0.1) is 0 Å². The summed E-state index contributed by atoms with van der Waals surface area (Å²) >= 11 is 0. The van der Waals surface area contributed by atoms with Gasteiger partial charge in [0.2, 0.25) is 0 Å². The maximum Gasteiger partial charge on any atom is 0.0349 e. The van der Waals surface area contributed by atoms with E-state index in [9.17, 15) is 0 Å². The summed E-state index contributed by atoms with van der Waals surface area (Å²) in [5, 5.41) is 5.92. The summed E-state index contributed by atoms with van der Waals surface area (Å²) in [7, 11) is 6.24. The van der Waals surface area contributed by atoms with Crippen molar-refractivity contribution in [1.82, 2.24) is 15.2 Å². The molecule has 1 N–H and O–H groups in total. The molecular weight excluding hydrogens is 222 g/mol. The minimum atomic E-state index is 0.375. The third-order valence-electron chi connectivity index (χ3n) is 3.31. The van der Waals surface area contributed by atoms with E-state index >= 15 is 0 Å². The molecule has 0 saturated heterocycles. The Morgan fingerprint density at radius 3 is 2.83 bits per heavy atom. The highest BCUT2D eigenvalue weighted by molar-refractivity contribution is 5.85. The summed E-state index contributed by atoms with van der Waals surface area (Å²) in [5.74, 6) is 0. The molecule has 3 nitrogen and oxygen atoms in total. The van der Waals surface area contributed by atoms with Crippen LogP contribution in [0.5, 0.6) is 0 Å². The second kappa shape index (κ2) is 5.94. The zero-order valence-electron chi connectivity index (χ0n) is 11.4. The minimum Gasteiger partial charge on any atom is -0.313 e. The standard InChI is InChI=1S/C15H21N3/c1-16-15(8-10-18(2)3)13-6-4-5-12-7-9-17-11-14(12)13/h4-7,9,11,15-16H,8,10H2,1-3H3. The molecule has 1 heterocycles. The van der Waals surface area contributed by atoms with Gasteiger partial charge in [0.05, 0.1) is 0 Å². The van der Waals surface area contributed by atoms with Crippen LogP contribution in [0.25, 0.3) is 10.8 Å². The monoisotopic (exact) mass is 243 g/mol. The molecule has 0 saturated carbocycles. The molecule has 2 aromatic rings. The maximum absolute atomic E-state index is 4.25. The zero-order chi connectivity index (χ0) is 13.0. The summed E-state index contributed by atoms with van der Waals surface area (Å²) in [4.78, 5) is 6.46. The van der Waals surface area contributed by atoms with E-state index in [4.69, 9.17) is 0 Å². The average molecular weight is 243 g/mol. The second-order valence-electron chi connectivity index (χ2n) is 4.88. The van der Waals surface area contributed by atoms with Gasteiger partial charge in [0.25, 0.3) is 0 Å². The van der Waals surface area contributed by atoms with Crippen molar-refractivity contribution in [2.45, 2.75) is 12.5 Å². The lowest BCUT2D eigenvalue weighted by molar-refractivity contribution is 0.369. The third-order valence-corrected chi connectivity index (χ3v) is 3.31. The lowest BCUT2D eigenvalue weighted by Gasteiger charge is -2.20. The summed E-state index contributed by atoms with van der Waals surface area (Å²) in [5.41, 5.74) is 1.34. The van der Waals surface area contributed by atoms with E-state index in [0.29, 0.717) is 6.04 Å². The molecule has 0 aliphatic rings. The van der Waals surface area contributed by atoms with E-state index in [1.54, 1.807) is 0 Å². The van der Waals surface area contributed by atoms with Crippen LogP contribution in [0.15, 0.2) is 36.7 Å². The van der Waals surface area contributed by atoms with Crippen molar-refractivity contribution in [3.8, 4) is 0 Å². The number of nitrogens with zero attached hydrogens (tertiary/aromatic N) is 2. The summed E-state index contributed by atoms with van der Waals surface area (Å²) < 4.78 is 0. The molecule has 0 bridgehead atoms. The van der Waals surface area contributed by atoms with E-state index in [2.05, 4.69) is 53.6 Å². The first-order valence-electron chi connectivity index (χ1n) is 6.37. The van der Waals surface area contributed by atoms with Crippen LogP contribution in [0.2, 0.25) is 0 Å². The van der Waals surface area contributed by atoms with Gasteiger partial charge in [0.15, 0.2) is 0 Å². The molecule has 0 aliphatic carbocycles. The maximum atomic E-state index is 4.25. The van der Waals surface area contributed by atoms with Crippen LogP contribution in [0.1, 0.15) is 18.0 Å². The number of rotatable bonds is 5. The lowest BCUT2D eigenvalue weighted by Crippen LogP contribution is -2.23. The second-order valence-corrected chi connectivity index (χ2v) is 4.88. The lowest BCUT2D eigenvalue weighted by atomic mass is 9.98. The van der Waals surface area contributed by atoms with Gasteiger partial charge in [0.1, 0.15) is 0 Å². The highest BCUT2D eigenvalue weighted by Crippen LogP contribution is 2.25. The van der Waals surface area contributed by atoms with Gasteiger partial charge in [-0.2, -0.15) is 0 Å². The van der Waals surface area contributed by atoms with Crippen LogP contribution >= 0.6 is 0 Å². The van der Waals surface area contributed by atoms with Gasteiger partial charge in [-0.25, -0.2) is 0 Å². The molecule has 1 aromatic carbocycles. The molecule has 96 valence electrons. The highest BCUT2D eigenvalue weighted by atomic mass is 15.1. The molecule has 0 radical (unpaired) electrons. The topological polar surface area (TPSA) is 28.2 Å². The summed E-state index contributed by atoms with van der Waals surface area (Å²) in [6.07, 6.45) is 4.91. The van der Waals surface area contributed by atoms with Crippen molar-refractivity contribution in [3.05, 3.63) is 42.2 Å². The minimum absolute atomic E-state index is 0.375. The molecule has 2 rings (SSSR count). The number of benzene rings is 1. The third kappa shape index (κ3) is 2.86. The Balaban J connectivity index is 2.32. The molecule has 18 heavy (non-hydrogen) atoms. The Hall–Kier alpha value is -1.45. The molecule has 3 heteroatoms. The van der Waals surface area contributed by atoms with Gasteiger partial charge >= 0.3 is 0 Å². The average Bonchev–Trinajstić information content (AvgIpc) is 2.39. The molecule has 0 amide bonds. The molecule has 0 spiro atoms. The number of hydrogen-bond acceptors (Lipinski definition) is 3. The smallest absolute Gasteiger partial charge is 0.0349 e. The summed E-state index contributed by atoms with van der Waals surface area (Å²) in [6.45, 7) is 1.07. The van der Waals surface area contributed by atoms with E-state index < -0.39 is 0 Å². The van der Waals surface area contributed by atoms with Crippen molar-refractivity contribution in [1.29, 1.82) is 0 Å². The van der Waals surface area contributed by atoms with E-state index in [1.807, 2.05) is 19.4 Å². The van der Waals surface area contributed by atoms with Crippen molar-refractivity contribution in [2.24, 2.45) is 0 Å². The predicted molar refractivity (Wildman–Crippen MR) is 76.7 cm³/mol. The van der Waals surface area contributed by atoms with E-state index in [1.165, 1.54) is 16.3 Å². The summed E-state index contributed by atoms with van der Waals surface area (Å²) in [6, 6.07) is 8.90. The van der Waals surface area contributed by atoms with Gasteiger partial charge < -0.3 is 10.2 Å². The Morgan fingerprint density at radius 2 is 2.11 bits per heavy atom. The van der Waals surface area contributed by atoms with Gasteiger partial charge in [-0.1, -0.05) is 18.2 Å². The van der Waals surface area contributed by atoms with Gasteiger partial charge in [-0.05, 0) is 51.1 Å². The molecule has 1 unspecified atom stereocenters. The normalized spacial score (nSPS) is 13.1. The Morgan fingerprint density at radius 1 is 1.28 bits per heavy atom. The highest BCUT2D eigenvalue weighted by Gasteiger charge is 2.12. The first-order chi connectivity index (χ1) is 8.72. The van der Waals surface area contributed by atoms with Gasteiger partial charge in [-0.15, -0.1) is 0 Å². The van der Waals surface area contributed by atoms with Crippen molar-refractivity contribution >= 4 is 10.8 Å². The van der Waals surface area contributed by atoms with Crippen LogP contribution < -0.4 is 5.32 Å². The van der Waals surface area contributed by atoms with Crippen LogP contribution in [0.4, 0.5) is 0 Å². The molecule has 1 atom stereocenters. The SMILES string of the molecule is CNC(CCN(C)C)c1cccc2ccncc12. The van der Waals surface area contributed by atoms with Crippen molar-refractivity contribution in [3.63, 3.8) is 0 Å². The first-order valence-corrected chi connectivity index (χ1v) is 6.37. The number of aromatic nitrogens is 1. The molecule has 0 aliphatic heterocycles. The molecule has 1 aromatic heterocycles. The fraction of sp³-hybridized carbons (Fsp3) is 0.400. The van der Waals surface area contributed by atoms with Gasteiger partial charge in [0, 0.05) is 23.8 Å². The number of fused-ring (bicyclic) bond motifs is 1. The largest absolute Gasteiger partial charge is 0.313 e. The number of nitrogens with one attached hydrogen (secondary N) is 1. The Bertz CT molecular complexity index is 503. The fourth-order valence-corrected chi connectivity index (χ4v) is 2.28. The van der Waals surface area contributed by atoms with Gasteiger partial charge in [-0.3, -0.25) is 4.98 Å². The Kier molecular flexibility index (Phi) is 4.28. The van der Waals surface area contributed by atoms with Crippen molar-refractivity contribution < 1.29 is 0 Å². The number of hydrogen-bond donors (Lipinski definition) is 1. The van der Waals surface area contributed by atoms with E-state index in [0.717, 1.165) is 13.0 Å². The predicted octanol–water partition coefficient (Wildman–Crippen LogP) is 2.45. The van der Waals surface area contributed by atoms with Crippen LogP contribution in [0.3, 0.4) is 0 Å². The quantitative estimate of drug-likeness (QED) is 0.874.